The van der Waals surface area contributed by atoms with E-state index in [1.807, 2.05) is 0 Å². The molecule has 5 nitrogen and oxygen atoms in total. The molecule has 1 aliphatic rings. The summed E-state index contributed by atoms with van der Waals surface area (Å²) >= 11 is 1.27. The molecule has 3 N–H and O–H groups in total. The Kier molecular flexibility index (Phi) is 4.19. The Balaban J connectivity index is 2.39. The van der Waals surface area contributed by atoms with E-state index in [2.05, 4.69) is 37.9 Å². The zero-order valence-corrected chi connectivity index (χ0v) is 15.8. The quantitative estimate of drug-likeness (QED) is 0.824. The van der Waals surface area contributed by atoms with Gasteiger partial charge in [-0.2, -0.15) is 0 Å². The maximum absolute atomic E-state index is 12.8. The van der Waals surface area contributed by atoms with E-state index in [4.69, 9.17) is 9.88 Å². The minimum absolute atomic E-state index is 0.0187. The molecule has 120 valence electrons. The van der Waals surface area contributed by atoms with Gasteiger partial charge in [0.05, 0.1) is 13.2 Å². The number of rotatable bonds is 3. The van der Waals surface area contributed by atoms with Gasteiger partial charge in [0.25, 0.3) is 0 Å². The van der Waals surface area contributed by atoms with Gasteiger partial charge >= 0.3 is 0 Å². The molecule has 1 unspecified atom stereocenters. The normalized spacial score (nSPS) is 21.5. The van der Waals surface area contributed by atoms with Crippen molar-refractivity contribution >= 4 is 29.5 Å². The SMILES string of the molecule is CC(C)(C)[Si](C)(C)N=S(N)(=O)c1ccc(C2(O)COC2)s1. The Labute approximate surface area is 131 Å². The van der Waals surface area contributed by atoms with Gasteiger partial charge in [-0.25, -0.2) is 9.35 Å². The highest BCUT2D eigenvalue weighted by Crippen LogP contribution is 2.39. The second-order valence-electron chi connectivity index (χ2n) is 7.11. The topological polar surface area (TPSA) is 84.9 Å². The molecule has 1 aromatic rings. The molecular formula is C13H24N2O3S2Si. The molecule has 1 saturated heterocycles. The van der Waals surface area contributed by atoms with Gasteiger partial charge in [-0.1, -0.05) is 20.8 Å². The number of ether oxygens (including phenoxy) is 1. The molecule has 1 aromatic heterocycles. The molecular weight excluding hydrogens is 324 g/mol. The molecule has 2 rings (SSSR count). The third kappa shape index (κ3) is 3.25. The monoisotopic (exact) mass is 348 g/mol. The predicted octanol–water partition coefficient (Wildman–Crippen LogP) is 2.67. The van der Waals surface area contributed by atoms with E-state index in [-0.39, 0.29) is 18.3 Å². The van der Waals surface area contributed by atoms with Crippen molar-refractivity contribution < 1.29 is 14.1 Å². The van der Waals surface area contributed by atoms with Crippen molar-refractivity contribution in [3.05, 3.63) is 17.0 Å². The molecule has 8 heteroatoms. The van der Waals surface area contributed by atoms with Gasteiger partial charge in [0.2, 0.25) is 0 Å². The number of aliphatic hydroxyl groups is 1. The van der Waals surface area contributed by atoms with Crippen LogP contribution in [0.4, 0.5) is 0 Å². The van der Waals surface area contributed by atoms with Crippen LogP contribution in [-0.4, -0.2) is 30.8 Å². The van der Waals surface area contributed by atoms with Gasteiger partial charge in [0.15, 0.2) is 8.24 Å². The van der Waals surface area contributed by atoms with E-state index in [9.17, 15) is 9.32 Å². The summed E-state index contributed by atoms with van der Waals surface area (Å²) in [6.07, 6.45) is 0. The Morgan fingerprint density at radius 2 is 2.00 bits per heavy atom. The van der Waals surface area contributed by atoms with Crippen LogP contribution in [0.5, 0.6) is 0 Å². The molecule has 1 aliphatic heterocycles. The van der Waals surface area contributed by atoms with Crippen LogP contribution in [0.2, 0.25) is 18.1 Å². The van der Waals surface area contributed by atoms with Crippen LogP contribution in [0.15, 0.2) is 20.4 Å². The predicted molar refractivity (Wildman–Crippen MR) is 89.3 cm³/mol. The second kappa shape index (κ2) is 5.14. The molecule has 1 fully saturated rings. The van der Waals surface area contributed by atoms with Gasteiger partial charge < -0.3 is 9.84 Å². The van der Waals surface area contributed by atoms with Crippen LogP contribution in [0.25, 0.3) is 0 Å². The molecule has 0 aliphatic carbocycles. The lowest BCUT2D eigenvalue weighted by atomic mass is 10.0. The van der Waals surface area contributed by atoms with Crippen molar-refractivity contribution in [1.82, 2.24) is 0 Å². The summed E-state index contributed by atoms with van der Waals surface area (Å²) in [6.45, 7) is 11.0. The van der Waals surface area contributed by atoms with Crippen molar-refractivity contribution in [1.29, 1.82) is 0 Å². The third-order valence-electron chi connectivity index (χ3n) is 4.21. The zero-order valence-electron chi connectivity index (χ0n) is 13.2. The van der Waals surface area contributed by atoms with Gasteiger partial charge in [-0.15, -0.1) is 11.3 Å². The fraction of sp³-hybridized carbons (Fsp3) is 0.692. The average Bonchev–Trinajstić information content (AvgIpc) is 2.72. The van der Waals surface area contributed by atoms with E-state index in [1.54, 1.807) is 12.1 Å². The standard InChI is InChI=1S/C13H24N2O3S2Si/c1-12(2,3)21(4,5)15-20(14,17)11-7-6-10(19-11)13(16)8-18-9-13/h6-7,16H,8-9H2,1-5H3,(H2,14,15,17). The molecule has 0 saturated carbocycles. The van der Waals surface area contributed by atoms with Crippen molar-refractivity contribution in [2.45, 2.75) is 48.7 Å². The Bertz CT molecular complexity index is 651. The maximum atomic E-state index is 12.8. The van der Waals surface area contributed by atoms with Crippen molar-refractivity contribution in [2.24, 2.45) is 9.17 Å². The summed E-state index contributed by atoms with van der Waals surface area (Å²) in [5, 5.41) is 16.3. The van der Waals surface area contributed by atoms with Crippen molar-refractivity contribution in [3.8, 4) is 0 Å². The Morgan fingerprint density at radius 3 is 2.43 bits per heavy atom. The Morgan fingerprint density at radius 1 is 1.43 bits per heavy atom. The zero-order chi connectivity index (χ0) is 16.1. The summed E-state index contributed by atoms with van der Waals surface area (Å²) in [5.41, 5.74) is -0.949. The highest BCUT2D eigenvalue weighted by atomic mass is 32.2. The lowest BCUT2D eigenvalue weighted by Crippen LogP contribution is -2.45. The minimum Gasteiger partial charge on any atom is -0.379 e. The molecule has 0 aromatic carbocycles. The van der Waals surface area contributed by atoms with Crippen molar-refractivity contribution in [3.63, 3.8) is 0 Å². The second-order valence-corrected chi connectivity index (χ2v) is 15.4. The minimum atomic E-state index is -2.92. The summed E-state index contributed by atoms with van der Waals surface area (Å²) in [4.78, 5) is 0.743. The summed E-state index contributed by atoms with van der Waals surface area (Å²) in [5.74, 6) is 0. The number of thiophene rings is 1. The number of nitrogens with two attached hydrogens (primary N) is 1. The van der Waals surface area contributed by atoms with E-state index in [0.717, 1.165) is 4.88 Å². The molecule has 0 bridgehead atoms. The van der Waals surface area contributed by atoms with E-state index >= 15 is 0 Å². The summed E-state index contributed by atoms with van der Waals surface area (Å²) < 4.78 is 23.0. The van der Waals surface area contributed by atoms with Crippen LogP contribution in [-0.2, 0) is 20.3 Å². The lowest BCUT2D eigenvalue weighted by molar-refractivity contribution is -0.182. The fourth-order valence-electron chi connectivity index (χ4n) is 1.69. The molecule has 21 heavy (non-hydrogen) atoms. The van der Waals surface area contributed by atoms with Gasteiger partial charge in [0, 0.05) is 4.88 Å². The molecule has 1 atom stereocenters. The van der Waals surface area contributed by atoms with E-state index in [1.165, 1.54) is 11.3 Å². The fourth-order valence-corrected chi connectivity index (χ4v) is 8.00. The van der Waals surface area contributed by atoms with Gasteiger partial charge in [-0.3, -0.25) is 4.03 Å². The first-order valence-corrected chi connectivity index (χ1v) is 12.2. The van der Waals surface area contributed by atoms with Crippen LogP contribution < -0.4 is 5.14 Å². The summed E-state index contributed by atoms with van der Waals surface area (Å²) in [7, 11) is -5.03. The Hall–Kier alpha value is -0.253. The highest BCUT2D eigenvalue weighted by Gasteiger charge is 2.40. The molecule has 0 radical (unpaired) electrons. The first-order chi connectivity index (χ1) is 9.37. The van der Waals surface area contributed by atoms with E-state index in [0.29, 0.717) is 4.21 Å². The van der Waals surface area contributed by atoms with Gasteiger partial charge in [0.1, 0.15) is 19.7 Å². The molecule has 2 heterocycles. The maximum Gasteiger partial charge on any atom is 0.195 e. The largest absolute Gasteiger partial charge is 0.379 e. The molecule has 0 spiro atoms. The van der Waals surface area contributed by atoms with Crippen LogP contribution in [0.3, 0.4) is 0 Å². The van der Waals surface area contributed by atoms with Crippen LogP contribution in [0.1, 0.15) is 25.6 Å². The highest BCUT2D eigenvalue weighted by molar-refractivity contribution is 7.94. The number of hydrogen-bond acceptors (Lipinski definition) is 5. The summed E-state index contributed by atoms with van der Waals surface area (Å²) in [6, 6.07) is 3.49. The number of nitrogens with zero attached hydrogens (tertiary/aromatic N) is 1. The first-order valence-electron chi connectivity index (χ1n) is 6.84. The number of hydrogen-bond donors (Lipinski definition) is 2. The third-order valence-corrected chi connectivity index (χ3v) is 13.5. The van der Waals surface area contributed by atoms with Gasteiger partial charge in [-0.05, 0) is 30.3 Å². The van der Waals surface area contributed by atoms with E-state index < -0.39 is 23.8 Å². The average molecular weight is 349 g/mol. The van der Waals surface area contributed by atoms with Crippen molar-refractivity contribution in [2.75, 3.05) is 13.2 Å². The van der Waals surface area contributed by atoms with Crippen LogP contribution >= 0.6 is 11.3 Å². The smallest absolute Gasteiger partial charge is 0.195 e. The first kappa shape index (κ1) is 17.1. The lowest BCUT2D eigenvalue weighted by Gasteiger charge is -2.35. The van der Waals surface area contributed by atoms with Crippen LogP contribution in [0, 0.1) is 0 Å². The molecule has 0 amide bonds.